The van der Waals surface area contributed by atoms with Crippen molar-refractivity contribution in [2.75, 3.05) is 0 Å². The summed E-state index contributed by atoms with van der Waals surface area (Å²) < 4.78 is 9.52. The highest BCUT2D eigenvalue weighted by Crippen LogP contribution is 2.44. The van der Waals surface area contributed by atoms with Gasteiger partial charge in [0.05, 0.1) is 49.9 Å². The number of nitrogens with zero attached hydrogens (tertiary/aromatic N) is 7. The Bertz CT molecular complexity index is 4230. The van der Waals surface area contributed by atoms with Gasteiger partial charge >= 0.3 is 0 Å². The normalized spacial score (nSPS) is 14.6. The van der Waals surface area contributed by atoms with Gasteiger partial charge in [-0.25, -0.2) is 9.98 Å². The summed E-state index contributed by atoms with van der Waals surface area (Å²) in [5, 5.41) is 18.2. The lowest BCUT2D eigenvalue weighted by atomic mass is 9.99. The maximum absolute atomic E-state index is 11.5. The minimum atomic E-state index is -0.439. The molecule has 12 aromatic rings. The van der Waals surface area contributed by atoms with E-state index >= 15 is 0 Å². The van der Waals surface area contributed by atoms with Gasteiger partial charge in [-0.05, 0) is 79.4 Å². The first kappa shape index (κ1) is 36.7. The number of rotatable bonds is 4. The molecule has 0 saturated carbocycles. The third kappa shape index (κ3) is 5.01. The van der Waals surface area contributed by atoms with E-state index in [1.54, 1.807) is 0 Å². The average molecular weight is 846 g/mol. The molecule has 1 aliphatic carbocycles. The minimum absolute atomic E-state index is 0.439. The molecule has 66 heavy (non-hydrogen) atoms. The number of allylic oxidation sites excluding steroid dienone is 1. The molecule has 1 unspecified atom stereocenters. The molecule has 5 heterocycles. The lowest BCUT2D eigenvalue weighted by Gasteiger charge is -2.23. The van der Waals surface area contributed by atoms with Crippen molar-refractivity contribution in [2.45, 2.75) is 25.9 Å². The molecule has 7 nitrogen and oxygen atoms in total. The summed E-state index contributed by atoms with van der Waals surface area (Å²) in [4.78, 5) is 11.0. The topological polar surface area (TPSA) is 67.7 Å². The van der Waals surface area contributed by atoms with Crippen LogP contribution in [-0.2, 0) is 6.42 Å². The van der Waals surface area contributed by atoms with E-state index in [0.29, 0.717) is 11.4 Å². The fourth-order valence-corrected chi connectivity index (χ4v) is 11.3. The third-order valence-electron chi connectivity index (χ3n) is 14.0. The number of hydrogen-bond acceptors (Lipinski definition) is 3. The number of para-hydroxylation sites is 4. The van der Waals surface area contributed by atoms with Crippen molar-refractivity contribution in [1.82, 2.24) is 18.1 Å². The van der Waals surface area contributed by atoms with Crippen LogP contribution in [0.1, 0.15) is 46.1 Å². The molecule has 0 fully saturated rings. The molecule has 0 saturated heterocycles. The summed E-state index contributed by atoms with van der Waals surface area (Å²) in [6.07, 6.45) is 6.15. The van der Waals surface area contributed by atoms with Crippen LogP contribution in [0.4, 0.5) is 0 Å². The number of aromatic nitrogens is 4. The fourth-order valence-electron chi connectivity index (χ4n) is 11.3. The first-order valence-electron chi connectivity index (χ1n) is 22.7. The molecule has 0 amide bonds. The van der Waals surface area contributed by atoms with E-state index in [9.17, 15) is 5.26 Å². The van der Waals surface area contributed by atoms with Gasteiger partial charge in [0.2, 0.25) is 0 Å². The first-order valence-corrected chi connectivity index (χ1v) is 22.7. The van der Waals surface area contributed by atoms with Crippen LogP contribution < -0.4 is 5.49 Å². The number of amidine groups is 1. The highest BCUT2D eigenvalue weighted by Gasteiger charge is 2.28. The number of nitriles is 1. The molecule has 7 heteroatoms. The quantitative estimate of drug-likeness (QED) is 0.174. The molecule has 14 rings (SSSR count). The monoisotopic (exact) mass is 845 g/mol. The van der Waals surface area contributed by atoms with Gasteiger partial charge in [0.15, 0.2) is 12.0 Å². The Balaban J connectivity index is 1.18. The molecule has 0 spiro atoms. The van der Waals surface area contributed by atoms with Gasteiger partial charge < -0.3 is 13.5 Å². The SMILES string of the molecule is Cc1cccc2c3cccc4c3n(c3cc(-n5c6ccccc6c6c7c8c(n(-c9ccccc9)c7ccc65)CCC=C8)c(C#N)cc3c3n4C(c4ccccc4)N=C(c4ccccc4)N=3)c12. The Morgan fingerprint density at radius 3 is 2.08 bits per heavy atom. The van der Waals surface area contributed by atoms with Gasteiger partial charge in [-0.3, -0.25) is 4.57 Å². The van der Waals surface area contributed by atoms with Gasteiger partial charge in [-0.1, -0.05) is 140 Å². The minimum Gasteiger partial charge on any atom is -0.313 e. The van der Waals surface area contributed by atoms with Crippen molar-refractivity contribution in [3.05, 3.63) is 221 Å². The molecule has 4 aromatic heterocycles. The molecule has 0 radical (unpaired) electrons. The Morgan fingerprint density at radius 1 is 0.591 bits per heavy atom. The van der Waals surface area contributed by atoms with E-state index in [-0.39, 0.29) is 0 Å². The second-order valence-electron chi connectivity index (χ2n) is 17.6. The number of aliphatic imine (C=N–C) groups is 1. The van der Waals surface area contributed by atoms with Crippen LogP contribution in [0.5, 0.6) is 0 Å². The maximum Gasteiger partial charge on any atom is 0.159 e. The number of benzene rings is 8. The van der Waals surface area contributed by atoms with Crippen molar-refractivity contribution in [3.63, 3.8) is 0 Å². The molecular weight excluding hydrogens is 807 g/mol. The molecule has 2 aliphatic rings. The molecular formula is C59H39N7. The van der Waals surface area contributed by atoms with Crippen LogP contribution in [0.2, 0.25) is 0 Å². The summed E-state index contributed by atoms with van der Waals surface area (Å²) in [7, 11) is 0. The number of fused-ring (bicyclic) bond motifs is 15. The van der Waals surface area contributed by atoms with Crippen molar-refractivity contribution < 1.29 is 0 Å². The maximum atomic E-state index is 11.5. The standard InChI is InChI=1S/C59H39N7/c1-36-17-15-26-41-42-27-16-30-50-56(42)65(55(36)41)52-34-51(39(35-60)33-45(52)59-62-57(37-18-5-2-6-19-37)61-58(66(50)59)38-20-7-3-8-21-38)64-47-29-14-12-25-44(47)54-49(64)32-31-48-53(54)43-24-11-13-28-46(43)63(48)40-22-9-4-10-23-40/h2-12,14-27,29-34,58H,13,28H2,1H3. The van der Waals surface area contributed by atoms with Gasteiger partial charge in [0.1, 0.15) is 11.6 Å². The van der Waals surface area contributed by atoms with Crippen LogP contribution in [0.25, 0.3) is 88.4 Å². The van der Waals surface area contributed by atoms with Crippen LogP contribution in [0.15, 0.2) is 192 Å². The van der Waals surface area contributed by atoms with E-state index in [1.165, 1.54) is 32.9 Å². The largest absolute Gasteiger partial charge is 0.313 e. The predicted molar refractivity (Wildman–Crippen MR) is 269 cm³/mol. The zero-order valence-corrected chi connectivity index (χ0v) is 36.0. The Kier molecular flexibility index (Phi) is 7.72. The molecule has 1 atom stereocenters. The van der Waals surface area contributed by atoms with Crippen LogP contribution in [-0.4, -0.2) is 23.9 Å². The van der Waals surface area contributed by atoms with E-state index in [4.69, 9.17) is 9.98 Å². The van der Waals surface area contributed by atoms with E-state index < -0.39 is 6.17 Å². The second kappa shape index (κ2) is 13.9. The summed E-state index contributed by atoms with van der Waals surface area (Å²) in [5.74, 6) is 0.648. The lowest BCUT2D eigenvalue weighted by molar-refractivity contribution is 0.598. The van der Waals surface area contributed by atoms with E-state index in [1.807, 2.05) is 24.3 Å². The van der Waals surface area contributed by atoms with E-state index in [2.05, 4.69) is 195 Å². The highest BCUT2D eigenvalue weighted by molar-refractivity contribution is 6.24. The smallest absolute Gasteiger partial charge is 0.159 e. The van der Waals surface area contributed by atoms with Crippen molar-refractivity contribution in [3.8, 4) is 17.4 Å². The zero-order valence-electron chi connectivity index (χ0n) is 36.0. The molecule has 0 bridgehead atoms. The summed E-state index contributed by atoms with van der Waals surface area (Å²) in [6.45, 7) is 2.20. The molecule has 0 N–H and O–H groups in total. The molecule has 1 aliphatic heterocycles. The Morgan fingerprint density at radius 2 is 1.27 bits per heavy atom. The van der Waals surface area contributed by atoms with Gasteiger partial charge in [0, 0.05) is 54.8 Å². The Labute approximate surface area is 379 Å². The van der Waals surface area contributed by atoms with Crippen LogP contribution >= 0.6 is 0 Å². The van der Waals surface area contributed by atoms with Crippen molar-refractivity contribution in [2.24, 2.45) is 9.98 Å². The van der Waals surface area contributed by atoms with Crippen LogP contribution in [0.3, 0.4) is 0 Å². The van der Waals surface area contributed by atoms with E-state index in [0.717, 1.165) is 95.7 Å². The van der Waals surface area contributed by atoms with Crippen LogP contribution in [0, 0.1) is 18.3 Å². The van der Waals surface area contributed by atoms with Gasteiger partial charge in [-0.15, -0.1) is 0 Å². The number of aryl methyl sites for hydroxylation is 1. The summed E-state index contributed by atoms with van der Waals surface area (Å²) >= 11 is 0. The van der Waals surface area contributed by atoms with Gasteiger partial charge in [-0.2, -0.15) is 5.26 Å². The average Bonchev–Trinajstić information content (AvgIpc) is 4.00. The Hall–Kier alpha value is -8.73. The number of hydrogen-bond donors (Lipinski definition) is 0. The zero-order chi connectivity index (χ0) is 43.6. The molecule has 8 aromatic carbocycles. The lowest BCUT2D eigenvalue weighted by Crippen LogP contribution is -2.30. The molecule has 310 valence electrons. The summed E-state index contributed by atoms with van der Waals surface area (Å²) in [5.41, 5.74) is 16.5. The van der Waals surface area contributed by atoms with Crippen molar-refractivity contribution in [1.29, 1.82) is 5.26 Å². The predicted octanol–water partition coefficient (Wildman–Crippen LogP) is 13.3. The highest BCUT2D eigenvalue weighted by atomic mass is 15.2. The first-order chi connectivity index (χ1) is 32.7. The fraction of sp³-hybridized carbons (Fsp3) is 0.0678. The summed E-state index contributed by atoms with van der Waals surface area (Å²) in [6, 6.07) is 64.9. The van der Waals surface area contributed by atoms with Crippen molar-refractivity contribution >= 4 is 82.8 Å². The van der Waals surface area contributed by atoms with Gasteiger partial charge in [0.25, 0.3) is 0 Å². The third-order valence-corrected chi connectivity index (χ3v) is 14.0. The second-order valence-corrected chi connectivity index (χ2v) is 17.6.